The standard InChI is InChI=1S/C18H25Cl2N3O2/c1-18(2,3)17(24)16(23-12-21-11-22-23)6-4-5-9-25-13-7-8-14(19)15(20)10-13/h7-8,10-12,16-17,24H,4-6,9H2,1-3H3. The Morgan fingerprint density at radius 2 is 1.96 bits per heavy atom. The molecule has 7 heteroatoms. The lowest BCUT2D eigenvalue weighted by molar-refractivity contribution is 0.00823. The number of hydrogen-bond donors (Lipinski definition) is 1. The number of benzene rings is 1. The van der Waals surface area contributed by atoms with Gasteiger partial charge < -0.3 is 9.84 Å². The highest BCUT2D eigenvalue weighted by Crippen LogP contribution is 2.31. The second-order valence-corrected chi connectivity index (χ2v) is 7.99. The van der Waals surface area contributed by atoms with Gasteiger partial charge in [-0.25, -0.2) is 9.67 Å². The number of aliphatic hydroxyl groups is 1. The Hall–Kier alpha value is -1.30. The van der Waals surface area contributed by atoms with Gasteiger partial charge in [0.05, 0.1) is 28.8 Å². The largest absolute Gasteiger partial charge is 0.494 e. The smallest absolute Gasteiger partial charge is 0.137 e. The van der Waals surface area contributed by atoms with Crippen LogP contribution < -0.4 is 4.74 Å². The van der Waals surface area contributed by atoms with Crippen molar-refractivity contribution in [3.8, 4) is 5.75 Å². The molecule has 1 heterocycles. The van der Waals surface area contributed by atoms with Crippen LogP contribution in [0, 0.1) is 5.41 Å². The van der Waals surface area contributed by atoms with Crippen LogP contribution in [0.1, 0.15) is 46.1 Å². The lowest BCUT2D eigenvalue weighted by atomic mass is 9.83. The van der Waals surface area contributed by atoms with Crippen LogP contribution in [0.15, 0.2) is 30.9 Å². The van der Waals surface area contributed by atoms with Crippen molar-refractivity contribution in [2.75, 3.05) is 6.61 Å². The molecule has 0 saturated carbocycles. The molecule has 0 spiro atoms. The van der Waals surface area contributed by atoms with E-state index in [0.717, 1.165) is 19.3 Å². The van der Waals surface area contributed by atoms with Gasteiger partial charge in [-0.15, -0.1) is 0 Å². The van der Waals surface area contributed by atoms with Gasteiger partial charge in [0.15, 0.2) is 0 Å². The fourth-order valence-electron chi connectivity index (χ4n) is 2.61. The summed E-state index contributed by atoms with van der Waals surface area (Å²) in [6, 6.07) is 5.13. The van der Waals surface area contributed by atoms with Gasteiger partial charge >= 0.3 is 0 Å². The summed E-state index contributed by atoms with van der Waals surface area (Å²) >= 11 is 11.9. The third-order valence-corrected chi connectivity index (χ3v) is 4.82. The van der Waals surface area contributed by atoms with Crippen molar-refractivity contribution in [2.45, 2.75) is 52.2 Å². The molecule has 0 amide bonds. The molecular formula is C18H25Cl2N3O2. The van der Waals surface area contributed by atoms with Crippen LogP contribution in [0.5, 0.6) is 5.75 Å². The lowest BCUT2D eigenvalue weighted by Crippen LogP contribution is -2.35. The van der Waals surface area contributed by atoms with E-state index in [1.165, 1.54) is 6.33 Å². The second-order valence-electron chi connectivity index (χ2n) is 7.17. The number of aromatic nitrogens is 3. The van der Waals surface area contributed by atoms with E-state index in [1.54, 1.807) is 29.2 Å². The number of ether oxygens (including phenoxy) is 1. The molecule has 5 nitrogen and oxygen atoms in total. The van der Waals surface area contributed by atoms with Crippen LogP contribution in [0.3, 0.4) is 0 Å². The van der Waals surface area contributed by atoms with Crippen molar-refractivity contribution in [3.63, 3.8) is 0 Å². The van der Waals surface area contributed by atoms with Gasteiger partial charge in [-0.05, 0) is 36.8 Å². The zero-order valence-electron chi connectivity index (χ0n) is 14.8. The molecule has 2 unspecified atom stereocenters. The highest BCUT2D eigenvalue weighted by molar-refractivity contribution is 6.42. The van der Waals surface area contributed by atoms with Gasteiger partial charge in [-0.1, -0.05) is 44.0 Å². The maximum atomic E-state index is 10.7. The van der Waals surface area contributed by atoms with E-state index in [2.05, 4.69) is 10.1 Å². The summed E-state index contributed by atoms with van der Waals surface area (Å²) in [5.41, 5.74) is -0.229. The van der Waals surface area contributed by atoms with Crippen molar-refractivity contribution < 1.29 is 9.84 Å². The lowest BCUT2D eigenvalue weighted by Gasteiger charge is -2.33. The molecule has 0 aliphatic carbocycles. The van der Waals surface area contributed by atoms with Crippen LogP contribution >= 0.6 is 23.2 Å². The monoisotopic (exact) mass is 385 g/mol. The summed E-state index contributed by atoms with van der Waals surface area (Å²) in [6.45, 7) is 6.65. The summed E-state index contributed by atoms with van der Waals surface area (Å²) in [6.07, 6.45) is 5.21. The van der Waals surface area contributed by atoms with E-state index >= 15 is 0 Å². The molecule has 1 aromatic carbocycles. The molecule has 25 heavy (non-hydrogen) atoms. The number of hydrogen-bond acceptors (Lipinski definition) is 4. The predicted molar refractivity (Wildman–Crippen MR) is 100 cm³/mol. The molecule has 0 radical (unpaired) electrons. The first kappa shape index (κ1) is 20.0. The molecule has 0 aliphatic rings. The average molecular weight is 386 g/mol. The van der Waals surface area contributed by atoms with Gasteiger partial charge in [0.1, 0.15) is 18.4 Å². The van der Waals surface area contributed by atoms with E-state index in [4.69, 9.17) is 27.9 Å². The number of unbranched alkanes of at least 4 members (excludes halogenated alkanes) is 1. The maximum Gasteiger partial charge on any atom is 0.137 e. The first-order valence-corrected chi connectivity index (χ1v) is 9.14. The zero-order chi connectivity index (χ0) is 18.4. The Labute approximate surface area is 158 Å². The van der Waals surface area contributed by atoms with Crippen LogP contribution in [0.2, 0.25) is 10.0 Å². The molecule has 2 atom stereocenters. The minimum Gasteiger partial charge on any atom is -0.494 e. The second kappa shape index (κ2) is 8.88. The Morgan fingerprint density at radius 1 is 1.20 bits per heavy atom. The first-order valence-electron chi connectivity index (χ1n) is 8.39. The summed E-state index contributed by atoms with van der Waals surface area (Å²) < 4.78 is 7.45. The Bertz CT molecular complexity index is 657. The van der Waals surface area contributed by atoms with E-state index < -0.39 is 6.10 Å². The van der Waals surface area contributed by atoms with Crippen molar-refractivity contribution in [1.29, 1.82) is 0 Å². The third kappa shape index (κ3) is 5.87. The molecule has 138 valence electrons. The van der Waals surface area contributed by atoms with E-state index in [-0.39, 0.29) is 11.5 Å². The number of halogens is 2. The van der Waals surface area contributed by atoms with Crippen molar-refractivity contribution in [1.82, 2.24) is 14.8 Å². The highest BCUT2D eigenvalue weighted by Gasteiger charge is 2.31. The Morgan fingerprint density at radius 3 is 2.56 bits per heavy atom. The molecule has 0 bridgehead atoms. The first-order chi connectivity index (χ1) is 11.8. The van der Waals surface area contributed by atoms with Crippen molar-refractivity contribution >= 4 is 23.2 Å². The van der Waals surface area contributed by atoms with Crippen molar-refractivity contribution in [2.24, 2.45) is 5.41 Å². The third-order valence-electron chi connectivity index (χ3n) is 4.08. The molecular weight excluding hydrogens is 361 g/mol. The molecule has 0 saturated heterocycles. The number of aliphatic hydroxyl groups excluding tert-OH is 1. The Balaban J connectivity index is 1.83. The number of nitrogens with zero attached hydrogens (tertiary/aromatic N) is 3. The fourth-order valence-corrected chi connectivity index (χ4v) is 2.90. The van der Waals surface area contributed by atoms with Crippen LogP contribution in [-0.4, -0.2) is 32.6 Å². The average Bonchev–Trinajstić information content (AvgIpc) is 3.07. The molecule has 2 aromatic rings. The molecule has 1 N–H and O–H groups in total. The van der Waals surface area contributed by atoms with Gasteiger partial charge in [-0.3, -0.25) is 0 Å². The Kier molecular flexibility index (Phi) is 7.11. The predicted octanol–water partition coefficient (Wildman–Crippen LogP) is 4.78. The molecule has 2 rings (SSSR count). The van der Waals surface area contributed by atoms with E-state index in [0.29, 0.717) is 22.4 Å². The summed E-state index contributed by atoms with van der Waals surface area (Å²) in [5, 5.41) is 15.9. The van der Waals surface area contributed by atoms with Gasteiger partial charge in [0, 0.05) is 6.07 Å². The van der Waals surface area contributed by atoms with E-state index in [9.17, 15) is 5.11 Å². The molecule has 0 fully saturated rings. The molecule has 0 aliphatic heterocycles. The normalized spacial score (nSPS) is 14.3. The quantitative estimate of drug-likeness (QED) is 0.663. The summed E-state index contributed by atoms with van der Waals surface area (Å²) in [5.74, 6) is 0.706. The SMILES string of the molecule is CC(C)(C)C(O)C(CCCCOc1ccc(Cl)c(Cl)c1)n1cncn1. The fraction of sp³-hybridized carbons (Fsp3) is 0.556. The van der Waals surface area contributed by atoms with Crippen molar-refractivity contribution in [3.05, 3.63) is 40.9 Å². The van der Waals surface area contributed by atoms with Crippen LogP contribution in [0.4, 0.5) is 0 Å². The van der Waals surface area contributed by atoms with Gasteiger partial charge in [0.25, 0.3) is 0 Å². The highest BCUT2D eigenvalue weighted by atomic mass is 35.5. The summed E-state index contributed by atoms with van der Waals surface area (Å²) in [7, 11) is 0. The minimum absolute atomic E-state index is 0.104. The molecule has 1 aromatic heterocycles. The van der Waals surface area contributed by atoms with Crippen LogP contribution in [0.25, 0.3) is 0 Å². The maximum absolute atomic E-state index is 10.7. The van der Waals surface area contributed by atoms with Crippen LogP contribution in [-0.2, 0) is 0 Å². The van der Waals surface area contributed by atoms with Gasteiger partial charge in [-0.2, -0.15) is 5.10 Å². The minimum atomic E-state index is -0.509. The number of rotatable bonds is 8. The van der Waals surface area contributed by atoms with E-state index in [1.807, 2.05) is 20.8 Å². The summed E-state index contributed by atoms with van der Waals surface area (Å²) in [4.78, 5) is 4.00. The van der Waals surface area contributed by atoms with Gasteiger partial charge in [0.2, 0.25) is 0 Å². The zero-order valence-corrected chi connectivity index (χ0v) is 16.3. The topological polar surface area (TPSA) is 60.2 Å².